The van der Waals surface area contributed by atoms with Gasteiger partial charge in [0.2, 0.25) is 5.91 Å². The van der Waals surface area contributed by atoms with Gasteiger partial charge in [-0.3, -0.25) is 9.69 Å². The van der Waals surface area contributed by atoms with E-state index >= 15 is 0 Å². The molecule has 1 atom stereocenters. The summed E-state index contributed by atoms with van der Waals surface area (Å²) < 4.78 is 0. The van der Waals surface area contributed by atoms with E-state index in [0.717, 1.165) is 58.5 Å². The van der Waals surface area contributed by atoms with Crippen molar-refractivity contribution >= 4 is 11.6 Å². The molecule has 2 heterocycles. The summed E-state index contributed by atoms with van der Waals surface area (Å²) in [5.41, 5.74) is 8.32. The van der Waals surface area contributed by atoms with Crippen LogP contribution in [0.5, 0.6) is 0 Å². The van der Waals surface area contributed by atoms with Crippen LogP contribution in [-0.2, 0) is 4.79 Å². The van der Waals surface area contributed by atoms with E-state index in [1.807, 2.05) is 4.90 Å². The second-order valence-electron chi connectivity index (χ2n) is 8.01. The summed E-state index contributed by atoms with van der Waals surface area (Å²) in [6.45, 7) is 8.22. The topological polar surface area (TPSA) is 52.8 Å². The van der Waals surface area contributed by atoms with Crippen LogP contribution in [0.4, 0.5) is 5.69 Å². The monoisotopic (exact) mass is 342 g/mol. The number of carbonyl (C=O) groups is 1. The van der Waals surface area contributed by atoms with E-state index in [1.54, 1.807) is 0 Å². The Hall–Kier alpha value is -1.59. The molecule has 4 rings (SSSR count). The molecule has 0 bridgehead atoms. The first-order valence-electron chi connectivity index (χ1n) is 9.70. The number of hydrogen-bond acceptors (Lipinski definition) is 4. The van der Waals surface area contributed by atoms with E-state index in [4.69, 9.17) is 5.73 Å². The Morgan fingerprint density at radius 3 is 2.52 bits per heavy atom. The summed E-state index contributed by atoms with van der Waals surface area (Å²) in [4.78, 5) is 19.7. The molecule has 2 aliphatic heterocycles. The zero-order chi connectivity index (χ0) is 17.4. The second kappa shape index (κ2) is 6.61. The summed E-state index contributed by atoms with van der Waals surface area (Å²) in [5.74, 6) is 0.191. The molecule has 0 aromatic heterocycles. The number of nitrogens with zero attached hydrogens (tertiary/aromatic N) is 3. The molecule has 1 aromatic carbocycles. The normalized spacial score (nSPS) is 26.6. The van der Waals surface area contributed by atoms with Gasteiger partial charge in [0, 0.05) is 51.0 Å². The summed E-state index contributed by atoms with van der Waals surface area (Å²) in [6, 6.07) is 9.14. The van der Waals surface area contributed by atoms with Crippen molar-refractivity contribution in [2.45, 2.75) is 44.2 Å². The van der Waals surface area contributed by atoms with Crippen LogP contribution in [0.3, 0.4) is 0 Å². The number of rotatable bonds is 3. The number of anilines is 1. The molecule has 2 N–H and O–H groups in total. The number of amides is 1. The summed E-state index contributed by atoms with van der Waals surface area (Å²) >= 11 is 0. The first kappa shape index (κ1) is 16.9. The number of carbonyl (C=O) groups excluding carboxylic acids is 1. The lowest BCUT2D eigenvalue weighted by Crippen LogP contribution is -2.58. The molecule has 3 fully saturated rings. The van der Waals surface area contributed by atoms with Gasteiger partial charge in [-0.15, -0.1) is 0 Å². The summed E-state index contributed by atoms with van der Waals surface area (Å²) in [7, 11) is 0. The van der Waals surface area contributed by atoms with Gasteiger partial charge in [-0.1, -0.05) is 18.2 Å². The third-order valence-electron chi connectivity index (χ3n) is 6.19. The van der Waals surface area contributed by atoms with Gasteiger partial charge in [0.05, 0.1) is 5.54 Å². The fourth-order valence-electron chi connectivity index (χ4n) is 4.35. The fourth-order valence-corrected chi connectivity index (χ4v) is 4.35. The van der Waals surface area contributed by atoms with E-state index in [2.05, 4.69) is 41.0 Å². The second-order valence-corrected chi connectivity index (χ2v) is 8.01. The van der Waals surface area contributed by atoms with E-state index in [-0.39, 0.29) is 5.91 Å². The van der Waals surface area contributed by atoms with Crippen LogP contribution in [0.1, 0.15) is 31.2 Å². The molecule has 2 saturated heterocycles. The predicted molar refractivity (Wildman–Crippen MR) is 101 cm³/mol. The maximum absolute atomic E-state index is 12.6. The van der Waals surface area contributed by atoms with Gasteiger partial charge >= 0.3 is 0 Å². The molecule has 0 spiro atoms. The maximum atomic E-state index is 12.6. The highest BCUT2D eigenvalue weighted by atomic mass is 16.2. The lowest BCUT2D eigenvalue weighted by Gasteiger charge is -2.44. The number of piperidine rings is 1. The Labute approximate surface area is 150 Å². The third kappa shape index (κ3) is 3.40. The molecule has 25 heavy (non-hydrogen) atoms. The molecular formula is C20H30N4O. The number of benzene rings is 1. The largest absolute Gasteiger partial charge is 0.369 e. The van der Waals surface area contributed by atoms with Crippen molar-refractivity contribution in [1.29, 1.82) is 0 Å². The van der Waals surface area contributed by atoms with Gasteiger partial charge in [0.15, 0.2) is 0 Å². The fraction of sp³-hybridized carbons (Fsp3) is 0.650. The zero-order valence-corrected chi connectivity index (χ0v) is 15.3. The Morgan fingerprint density at radius 1 is 1.12 bits per heavy atom. The van der Waals surface area contributed by atoms with Crippen molar-refractivity contribution in [2.24, 2.45) is 5.73 Å². The van der Waals surface area contributed by atoms with Crippen LogP contribution in [-0.4, -0.2) is 66.6 Å². The van der Waals surface area contributed by atoms with Crippen LogP contribution >= 0.6 is 0 Å². The third-order valence-corrected chi connectivity index (χ3v) is 6.19. The van der Waals surface area contributed by atoms with Gasteiger partial charge in [-0.05, 0) is 44.2 Å². The summed E-state index contributed by atoms with van der Waals surface area (Å²) in [6.07, 6.45) is 4.03. The number of piperazine rings is 1. The molecule has 0 radical (unpaired) electrons. The Bertz CT molecular complexity index is 634. The van der Waals surface area contributed by atoms with Crippen molar-refractivity contribution in [1.82, 2.24) is 9.80 Å². The van der Waals surface area contributed by atoms with Crippen LogP contribution in [0.2, 0.25) is 0 Å². The van der Waals surface area contributed by atoms with Crippen molar-refractivity contribution in [3.63, 3.8) is 0 Å². The molecule has 1 aliphatic carbocycles. The Balaban J connectivity index is 1.34. The molecular weight excluding hydrogens is 312 g/mol. The standard InChI is InChI=1S/C20H30N4O/c1-16-5-2-3-7-18(16)23-13-11-22(12-14-23)17-6-4-10-24(15-17)19(25)20(21)8-9-20/h2-3,5,7,17H,4,6,8-15,21H2,1H3/t17-/m0/s1. The van der Waals surface area contributed by atoms with Gasteiger partial charge in [0.1, 0.15) is 0 Å². The minimum absolute atomic E-state index is 0.191. The average molecular weight is 342 g/mol. The number of aryl methyl sites for hydroxylation is 1. The van der Waals surface area contributed by atoms with Gasteiger partial charge in [0.25, 0.3) is 0 Å². The Kier molecular flexibility index (Phi) is 4.46. The molecule has 0 unspecified atom stereocenters. The molecule has 136 valence electrons. The number of likely N-dealkylation sites (tertiary alicyclic amines) is 1. The lowest BCUT2D eigenvalue weighted by atomic mass is 10.0. The minimum Gasteiger partial charge on any atom is -0.369 e. The highest BCUT2D eigenvalue weighted by Gasteiger charge is 2.49. The van der Waals surface area contributed by atoms with Crippen LogP contribution < -0.4 is 10.6 Å². The summed E-state index contributed by atoms with van der Waals surface area (Å²) in [5, 5.41) is 0. The van der Waals surface area contributed by atoms with E-state index in [9.17, 15) is 4.79 Å². The van der Waals surface area contributed by atoms with Crippen molar-refractivity contribution in [3.05, 3.63) is 29.8 Å². The van der Waals surface area contributed by atoms with Crippen LogP contribution in [0.15, 0.2) is 24.3 Å². The predicted octanol–water partition coefficient (Wildman–Crippen LogP) is 1.60. The molecule has 3 aliphatic rings. The van der Waals surface area contributed by atoms with Crippen molar-refractivity contribution in [2.75, 3.05) is 44.2 Å². The molecule has 5 nitrogen and oxygen atoms in total. The quantitative estimate of drug-likeness (QED) is 0.907. The van der Waals surface area contributed by atoms with E-state index < -0.39 is 5.54 Å². The number of hydrogen-bond donors (Lipinski definition) is 1. The maximum Gasteiger partial charge on any atom is 0.242 e. The number of nitrogens with two attached hydrogens (primary N) is 1. The van der Waals surface area contributed by atoms with Crippen molar-refractivity contribution in [3.8, 4) is 0 Å². The minimum atomic E-state index is -0.522. The zero-order valence-electron chi connectivity index (χ0n) is 15.3. The van der Waals surface area contributed by atoms with E-state index in [0.29, 0.717) is 6.04 Å². The lowest BCUT2D eigenvalue weighted by molar-refractivity contribution is -0.135. The average Bonchev–Trinajstić information content (AvgIpc) is 3.40. The highest BCUT2D eigenvalue weighted by Crippen LogP contribution is 2.35. The smallest absolute Gasteiger partial charge is 0.242 e. The molecule has 1 saturated carbocycles. The van der Waals surface area contributed by atoms with Crippen molar-refractivity contribution < 1.29 is 4.79 Å². The SMILES string of the molecule is Cc1ccccc1N1CCN([C@H]2CCCN(C(=O)C3(N)CC3)C2)CC1. The van der Waals surface area contributed by atoms with Gasteiger partial charge < -0.3 is 15.5 Å². The van der Waals surface area contributed by atoms with Crippen LogP contribution in [0, 0.1) is 6.92 Å². The molecule has 1 aromatic rings. The molecule has 5 heteroatoms. The number of para-hydroxylation sites is 1. The Morgan fingerprint density at radius 2 is 1.84 bits per heavy atom. The van der Waals surface area contributed by atoms with Gasteiger partial charge in [-0.25, -0.2) is 0 Å². The first-order chi connectivity index (χ1) is 12.1. The first-order valence-corrected chi connectivity index (χ1v) is 9.70. The van der Waals surface area contributed by atoms with E-state index in [1.165, 1.54) is 17.7 Å². The molecule has 1 amide bonds. The highest BCUT2D eigenvalue weighted by molar-refractivity contribution is 5.89. The van der Waals surface area contributed by atoms with Crippen LogP contribution in [0.25, 0.3) is 0 Å². The van der Waals surface area contributed by atoms with Gasteiger partial charge in [-0.2, -0.15) is 0 Å².